The van der Waals surface area contributed by atoms with Gasteiger partial charge in [0.25, 0.3) is 0 Å². The second-order valence-corrected chi connectivity index (χ2v) is 9.92. The van der Waals surface area contributed by atoms with Crippen LogP contribution >= 0.6 is 0 Å². The molecule has 0 spiro atoms. The van der Waals surface area contributed by atoms with Crippen LogP contribution < -0.4 is 0 Å². The molecule has 0 radical (unpaired) electrons. The molecule has 0 saturated carbocycles. The number of carbonyl (C=O) groups is 1. The highest BCUT2D eigenvalue weighted by atomic mass is 32.2. The third-order valence-electron chi connectivity index (χ3n) is 4.37. The Morgan fingerprint density at radius 1 is 1.26 bits per heavy atom. The average Bonchev–Trinajstić information content (AvgIpc) is 2.42. The Labute approximate surface area is 139 Å². The monoisotopic (exact) mass is 337 g/mol. The van der Waals surface area contributed by atoms with E-state index in [1.54, 1.807) is 11.8 Å². The van der Waals surface area contributed by atoms with Crippen molar-refractivity contribution in [2.45, 2.75) is 46.1 Å². The second-order valence-electron chi connectivity index (χ2n) is 7.74. The van der Waals surface area contributed by atoms with Gasteiger partial charge in [0.2, 0.25) is 5.91 Å². The molecule has 2 rings (SSSR count). The van der Waals surface area contributed by atoms with E-state index in [-0.39, 0.29) is 17.1 Å². The summed E-state index contributed by atoms with van der Waals surface area (Å²) in [6.45, 7) is 9.46. The highest BCUT2D eigenvalue weighted by Gasteiger charge is 2.27. The van der Waals surface area contributed by atoms with Crippen LogP contribution in [0.3, 0.4) is 0 Å². The van der Waals surface area contributed by atoms with Gasteiger partial charge in [0, 0.05) is 25.3 Å². The zero-order valence-corrected chi connectivity index (χ0v) is 15.5. The van der Waals surface area contributed by atoms with Gasteiger partial charge in [-0.15, -0.1) is 0 Å². The predicted octanol–water partition coefficient (Wildman–Crippen LogP) is 2.55. The third kappa shape index (κ3) is 4.56. The molecule has 1 aromatic carbocycles. The maximum Gasteiger partial charge on any atom is 0.226 e. The molecule has 1 amide bonds. The van der Waals surface area contributed by atoms with Gasteiger partial charge < -0.3 is 4.90 Å². The second kappa shape index (κ2) is 6.27. The number of hydrogen-bond acceptors (Lipinski definition) is 3. The number of amides is 1. The van der Waals surface area contributed by atoms with E-state index >= 15 is 0 Å². The van der Waals surface area contributed by atoms with Crippen molar-refractivity contribution in [2.24, 2.45) is 5.92 Å². The van der Waals surface area contributed by atoms with E-state index in [4.69, 9.17) is 0 Å². The lowest BCUT2D eigenvalue weighted by Gasteiger charge is -2.32. The van der Waals surface area contributed by atoms with Crippen molar-refractivity contribution in [2.75, 3.05) is 18.6 Å². The van der Waals surface area contributed by atoms with Crippen molar-refractivity contribution in [3.8, 4) is 0 Å². The molecule has 1 aromatic rings. The fraction of sp³-hybridized carbons (Fsp3) is 0.611. The summed E-state index contributed by atoms with van der Waals surface area (Å²) in [4.78, 5) is 14.3. The Bertz CT molecular complexity index is 701. The highest BCUT2D eigenvalue weighted by Crippen LogP contribution is 2.28. The number of hydrogen-bond donors (Lipinski definition) is 0. The van der Waals surface area contributed by atoms with Gasteiger partial charge in [-0.25, -0.2) is 8.42 Å². The smallest absolute Gasteiger partial charge is 0.226 e. The molecular weight excluding hydrogens is 310 g/mol. The van der Waals surface area contributed by atoms with Crippen LogP contribution in [0.4, 0.5) is 0 Å². The topological polar surface area (TPSA) is 54.5 Å². The fourth-order valence-electron chi connectivity index (χ4n) is 3.05. The van der Waals surface area contributed by atoms with Gasteiger partial charge in [0.15, 0.2) is 0 Å². The van der Waals surface area contributed by atoms with E-state index in [9.17, 15) is 13.2 Å². The van der Waals surface area contributed by atoms with Gasteiger partial charge in [-0.05, 0) is 28.5 Å². The minimum absolute atomic E-state index is 0.0674. The van der Waals surface area contributed by atoms with Gasteiger partial charge in [-0.3, -0.25) is 4.79 Å². The van der Waals surface area contributed by atoms with E-state index in [0.717, 1.165) is 6.42 Å². The molecule has 128 valence electrons. The van der Waals surface area contributed by atoms with Crippen LogP contribution in [0.15, 0.2) is 18.2 Å². The molecule has 0 aromatic heterocycles. The normalized spacial score (nSPS) is 16.8. The summed E-state index contributed by atoms with van der Waals surface area (Å²) < 4.78 is 22.8. The Morgan fingerprint density at radius 3 is 2.48 bits per heavy atom. The lowest BCUT2D eigenvalue weighted by Crippen LogP contribution is -2.40. The zero-order valence-electron chi connectivity index (χ0n) is 14.7. The summed E-state index contributed by atoms with van der Waals surface area (Å²) >= 11 is 0. The van der Waals surface area contributed by atoms with Crippen molar-refractivity contribution in [3.63, 3.8) is 0 Å². The zero-order chi connectivity index (χ0) is 17.4. The molecule has 23 heavy (non-hydrogen) atoms. The largest absolute Gasteiger partial charge is 0.338 e. The molecule has 1 aliphatic rings. The first-order valence-corrected chi connectivity index (χ1v) is 10.1. The summed E-state index contributed by atoms with van der Waals surface area (Å²) in [6.07, 6.45) is 2.01. The van der Waals surface area contributed by atoms with E-state index in [0.29, 0.717) is 13.1 Å². The molecule has 0 saturated heterocycles. The van der Waals surface area contributed by atoms with Crippen LogP contribution in [0.5, 0.6) is 0 Å². The van der Waals surface area contributed by atoms with Crippen molar-refractivity contribution in [3.05, 3.63) is 34.9 Å². The molecule has 5 heteroatoms. The summed E-state index contributed by atoms with van der Waals surface area (Å²) in [5, 5.41) is 0. The first-order valence-electron chi connectivity index (χ1n) is 8.06. The van der Waals surface area contributed by atoms with Crippen molar-refractivity contribution in [1.29, 1.82) is 0 Å². The summed E-state index contributed by atoms with van der Waals surface area (Å²) in [5.41, 5.74) is 3.81. The molecule has 0 aliphatic carbocycles. The molecule has 0 N–H and O–H groups in total. The van der Waals surface area contributed by atoms with Crippen molar-refractivity contribution >= 4 is 15.7 Å². The van der Waals surface area contributed by atoms with Crippen LogP contribution in [-0.4, -0.2) is 37.8 Å². The molecule has 1 heterocycles. The minimum Gasteiger partial charge on any atom is -0.338 e. The average molecular weight is 337 g/mol. The molecular formula is C18H27NO3S. The van der Waals surface area contributed by atoms with E-state index in [1.807, 2.05) is 0 Å². The van der Waals surface area contributed by atoms with Gasteiger partial charge in [-0.1, -0.05) is 45.9 Å². The number of benzene rings is 1. The van der Waals surface area contributed by atoms with E-state index < -0.39 is 15.8 Å². The maximum atomic E-state index is 12.5. The Balaban J connectivity index is 2.17. The summed E-state index contributed by atoms with van der Waals surface area (Å²) in [7, 11) is -3.14. The van der Waals surface area contributed by atoms with Crippen LogP contribution in [0, 0.1) is 5.92 Å². The number of rotatable bonds is 3. The standard InChI is InChI=1S/C18H27NO3S/c1-13(12-23(5,21)22)17(20)19-9-8-14-6-7-16(18(2,3)4)10-15(14)11-19/h6-7,10,13H,8-9,11-12H2,1-5H3. The van der Waals surface area contributed by atoms with Gasteiger partial charge in [0.1, 0.15) is 9.84 Å². The summed E-state index contributed by atoms with van der Waals surface area (Å²) in [6, 6.07) is 6.52. The van der Waals surface area contributed by atoms with Crippen LogP contribution in [0.1, 0.15) is 44.4 Å². The molecule has 1 atom stereocenters. The molecule has 4 nitrogen and oxygen atoms in total. The quantitative estimate of drug-likeness (QED) is 0.852. The fourth-order valence-corrected chi connectivity index (χ4v) is 4.10. The highest BCUT2D eigenvalue weighted by molar-refractivity contribution is 7.90. The Morgan fingerprint density at radius 2 is 1.91 bits per heavy atom. The lowest BCUT2D eigenvalue weighted by atomic mass is 9.84. The predicted molar refractivity (Wildman–Crippen MR) is 93.1 cm³/mol. The van der Waals surface area contributed by atoms with Crippen molar-refractivity contribution < 1.29 is 13.2 Å². The van der Waals surface area contributed by atoms with Gasteiger partial charge >= 0.3 is 0 Å². The number of fused-ring (bicyclic) bond motifs is 1. The number of carbonyl (C=O) groups excluding carboxylic acids is 1. The molecule has 0 bridgehead atoms. The molecule has 1 unspecified atom stereocenters. The number of nitrogens with zero attached hydrogens (tertiary/aromatic N) is 1. The maximum absolute atomic E-state index is 12.5. The minimum atomic E-state index is -3.14. The Kier molecular flexibility index (Phi) is 4.90. The lowest BCUT2D eigenvalue weighted by molar-refractivity contribution is -0.135. The molecule has 1 aliphatic heterocycles. The van der Waals surface area contributed by atoms with Crippen molar-refractivity contribution in [1.82, 2.24) is 4.90 Å². The first kappa shape index (κ1) is 18.0. The van der Waals surface area contributed by atoms with Crippen LogP contribution in [0.2, 0.25) is 0 Å². The van der Waals surface area contributed by atoms with E-state index in [2.05, 4.69) is 39.0 Å². The van der Waals surface area contributed by atoms with Gasteiger partial charge in [-0.2, -0.15) is 0 Å². The van der Waals surface area contributed by atoms with E-state index in [1.165, 1.54) is 22.9 Å². The summed E-state index contributed by atoms with van der Waals surface area (Å²) in [5.74, 6) is -0.642. The first-order chi connectivity index (χ1) is 10.5. The van der Waals surface area contributed by atoms with Crippen LogP contribution in [-0.2, 0) is 33.0 Å². The Hall–Kier alpha value is -1.36. The molecule has 0 fully saturated rings. The van der Waals surface area contributed by atoms with Crippen LogP contribution in [0.25, 0.3) is 0 Å². The number of sulfone groups is 1. The SMILES string of the molecule is CC(CS(C)(=O)=O)C(=O)N1CCc2ccc(C(C)(C)C)cc2C1. The van der Waals surface area contributed by atoms with Gasteiger partial charge in [0.05, 0.1) is 5.75 Å². The third-order valence-corrected chi connectivity index (χ3v) is 5.48.